The molecule has 2 heterocycles. The second-order valence-corrected chi connectivity index (χ2v) is 8.05. The molecule has 0 saturated carbocycles. The van der Waals surface area contributed by atoms with Crippen molar-refractivity contribution in [2.24, 2.45) is 10.7 Å². The van der Waals surface area contributed by atoms with Crippen molar-refractivity contribution in [1.82, 2.24) is 15.2 Å². The number of benzene rings is 1. The number of hydrogen-bond acceptors (Lipinski definition) is 4. The molecular weight excluding hydrogens is 465 g/mol. The van der Waals surface area contributed by atoms with E-state index in [2.05, 4.69) is 20.6 Å². The molecule has 0 radical (unpaired) electrons. The fourth-order valence-corrected chi connectivity index (χ4v) is 3.64. The van der Waals surface area contributed by atoms with Crippen molar-refractivity contribution in [3.05, 3.63) is 59.4 Å². The Bertz CT molecular complexity index is 1120. The first-order valence-corrected chi connectivity index (χ1v) is 10.9. The Labute approximate surface area is 199 Å². The van der Waals surface area contributed by atoms with Gasteiger partial charge in [-0.1, -0.05) is 0 Å². The maximum atomic E-state index is 12.9. The van der Waals surface area contributed by atoms with Gasteiger partial charge in [0.15, 0.2) is 0 Å². The number of alkyl halides is 3. The molecule has 1 unspecified atom stereocenters. The van der Waals surface area contributed by atoms with E-state index in [0.29, 0.717) is 17.8 Å². The predicted molar refractivity (Wildman–Crippen MR) is 123 cm³/mol. The number of nitrogens with one attached hydrogen (secondary N) is 2. The Morgan fingerprint density at radius 2 is 1.86 bits per heavy atom. The summed E-state index contributed by atoms with van der Waals surface area (Å²) >= 11 is 0. The minimum absolute atomic E-state index is 0.102. The Hall–Kier alpha value is -3.96. The van der Waals surface area contributed by atoms with Gasteiger partial charge in [-0.15, -0.1) is 0 Å². The minimum Gasteiger partial charge on any atom is -0.383 e. The molecule has 1 fully saturated rings. The van der Waals surface area contributed by atoms with Crippen molar-refractivity contribution in [2.75, 3.05) is 18.4 Å². The van der Waals surface area contributed by atoms with Crippen LogP contribution in [0.3, 0.4) is 0 Å². The van der Waals surface area contributed by atoms with Crippen molar-refractivity contribution in [3.8, 4) is 0 Å². The van der Waals surface area contributed by atoms with Crippen molar-refractivity contribution in [1.29, 1.82) is 0 Å². The van der Waals surface area contributed by atoms with E-state index in [4.69, 9.17) is 5.73 Å². The van der Waals surface area contributed by atoms with Crippen LogP contribution in [0.2, 0.25) is 0 Å². The highest BCUT2D eigenvalue weighted by molar-refractivity contribution is 6.05. The van der Waals surface area contributed by atoms with Gasteiger partial charge in [0.2, 0.25) is 0 Å². The predicted octanol–water partition coefficient (Wildman–Crippen LogP) is 3.00. The average Bonchev–Trinajstić information content (AvgIpc) is 2.82. The van der Waals surface area contributed by atoms with Crippen LogP contribution in [0.5, 0.6) is 0 Å². The maximum Gasteiger partial charge on any atom is 0.473 e. The number of urea groups is 1. The van der Waals surface area contributed by atoms with Crippen LogP contribution in [0.15, 0.2) is 47.6 Å². The molecule has 4 N–H and O–H groups in total. The molecule has 9 nitrogen and oxygen atoms in total. The number of aliphatic imine (C=N–C) groups is 1. The number of nitrogens with two attached hydrogens (primary N) is 1. The molecule has 1 atom stereocenters. The van der Waals surface area contributed by atoms with E-state index in [1.54, 1.807) is 30.2 Å². The zero-order valence-corrected chi connectivity index (χ0v) is 18.9. The Morgan fingerprint density at radius 3 is 2.51 bits per heavy atom. The van der Waals surface area contributed by atoms with E-state index in [1.165, 1.54) is 24.3 Å². The molecule has 12 heteroatoms. The van der Waals surface area contributed by atoms with Gasteiger partial charge in [0.25, 0.3) is 5.91 Å². The van der Waals surface area contributed by atoms with Crippen molar-refractivity contribution in [3.63, 3.8) is 0 Å². The van der Waals surface area contributed by atoms with E-state index < -0.39 is 17.9 Å². The molecule has 3 rings (SSSR count). The van der Waals surface area contributed by atoms with Crippen LogP contribution in [-0.4, -0.2) is 58.9 Å². The van der Waals surface area contributed by atoms with Gasteiger partial charge in [0.1, 0.15) is 5.84 Å². The lowest BCUT2D eigenvalue weighted by molar-refractivity contribution is -0.169. The summed E-state index contributed by atoms with van der Waals surface area (Å²) in [5, 5.41) is 5.61. The molecule has 1 saturated heterocycles. The number of amides is 4. The largest absolute Gasteiger partial charge is 0.473 e. The lowest BCUT2D eigenvalue weighted by Gasteiger charge is -2.35. The third-order valence-electron chi connectivity index (χ3n) is 5.44. The molecule has 4 amide bonds. The fourth-order valence-electron chi connectivity index (χ4n) is 3.64. The summed E-state index contributed by atoms with van der Waals surface area (Å²) in [4.78, 5) is 44.9. The van der Waals surface area contributed by atoms with Gasteiger partial charge in [-0.3, -0.25) is 14.6 Å². The van der Waals surface area contributed by atoms with E-state index in [1.807, 2.05) is 0 Å². The normalized spacial score (nSPS) is 16.5. The molecule has 0 spiro atoms. The number of likely N-dealkylation sites (tertiary alicyclic amines) is 1. The lowest BCUT2D eigenvalue weighted by atomic mass is 10.0. The van der Waals surface area contributed by atoms with Crippen LogP contribution in [0.4, 0.5) is 23.7 Å². The van der Waals surface area contributed by atoms with E-state index in [9.17, 15) is 27.6 Å². The highest BCUT2D eigenvalue weighted by Crippen LogP contribution is 2.20. The molecule has 186 valence electrons. The van der Waals surface area contributed by atoms with E-state index in [-0.39, 0.29) is 30.1 Å². The summed E-state index contributed by atoms with van der Waals surface area (Å²) in [7, 11) is 0. The van der Waals surface area contributed by atoms with Gasteiger partial charge in [-0.2, -0.15) is 18.2 Å². The van der Waals surface area contributed by atoms with Gasteiger partial charge in [-0.25, -0.2) is 4.79 Å². The highest BCUT2D eigenvalue weighted by Gasteiger charge is 2.38. The number of amidine groups is 1. The molecule has 1 aliphatic rings. The lowest BCUT2D eigenvalue weighted by Crippen LogP contribution is -2.50. The number of aryl methyl sites for hydroxylation is 1. The summed E-state index contributed by atoms with van der Waals surface area (Å²) < 4.78 is 37.1. The van der Waals surface area contributed by atoms with Crippen molar-refractivity contribution < 1.29 is 27.6 Å². The number of nitrogens with zero attached hydrogens (tertiary/aromatic N) is 3. The van der Waals surface area contributed by atoms with Gasteiger partial charge >= 0.3 is 18.1 Å². The van der Waals surface area contributed by atoms with Crippen LogP contribution < -0.4 is 16.4 Å². The van der Waals surface area contributed by atoms with Crippen LogP contribution in [-0.2, 0) is 4.79 Å². The monoisotopic (exact) mass is 490 g/mol. The van der Waals surface area contributed by atoms with Gasteiger partial charge in [0.05, 0.1) is 6.04 Å². The summed E-state index contributed by atoms with van der Waals surface area (Å²) in [5.41, 5.74) is 7.18. The number of pyridine rings is 1. The van der Waals surface area contributed by atoms with Crippen molar-refractivity contribution >= 4 is 29.4 Å². The van der Waals surface area contributed by atoms with E-state index in [0.717, 1.165) is 25.0 Å². The van der Waals surface area contributed by atoms with Crippen molar-refractivity contribution in [2.45, 2.75) is 38.4 Å². The fraction of sp³-hybridized carbons (Fsp3) is 0.348. The first-order chi connectivity index (χ1) is 16.5. The quantitative estimate of drug-likeness (QED) is 0.438. The zero-order chi connectivity index (χ0) is 25.6. The number of anilines is 1. The van der Waals surface area contributed by atoms with Crippen LogP contribution in [0.1, 0.15) is 40.9 Å². The number of rotatable bonds is 5. The number of carbonyl (C=O) groups is 3. The average molecular weight is 490 g/mol. The molecule has 35 heavy (non-hydrogen) atoms. The Kier molecular flexibility index (Phi) is 8.05. The summed E-state index contributed by atoms with van der Waals surface area (Å²) in [5.74, 6) is -3.13. The zero-order valence-electron chi connectivity index (χ0n) is 18.9. The third kappa shape index (κ3) is 7.01. The van der Waals surface area contributed by atoms with Gasteiger partial charge in [0, 0.05) is 41.8 Å². The molecule has 1 aromatic heterocycles. The molecule has 0 bridgehead atoms. The number of aromatic nitrogens is 1. The van der Waals surface area contributed by atoms with Gasteiger partial charge < -0.3 is 21.3 Å². The van der Waals surface area contributed by atoms with E-state index >= 15 is 0 Å². The SMILES string of the molecule is Cc1cc(C(=O)NCC2CCCCN2C(=O)Nc2ccc(C(N)=NC(=O)C(F)(F)F)cc2)ccn1. The summed E-state index contributed by atoms with van der Waals surface area (Å²) in [6.45, 7) is 2.59. The number of carbonyl (C=O) groups excluding carboxylic acids is 3. The second kappa shape index (κ2) is 11.0. The Morgan fingerprint density at radius 1 is 1.14 bits per heavy atom. The number of piperidine rings is 1. The van der Waals surface area contributed by atoms with Crippen LogP contribution in [0.25, 0.3) is 0 Å². The molecule has 1 aliphatic heterocycles. The minimum atomic E-state index is -5.11. The standard InChI is InChI=1S/C23H25F3N6O3/c1-14-12-16(9-10-28-14)20(33)29-13-18-4-2-3-11-32(18)22(35)30-17-7-5-15(6-8-17)19(27)31-21(34)23(24,25)26/h5-10,12,18H,2-4,11,13H2,1H3,(H,29,33)(H,30,35)(H2,27,31,34). The molecule has 1 aromatic carbocycles. The first kappa shape index (κ1) is 25.7. The summed E-state index contributed by atoms with van der Waals surface area (Å²) in [6.07, 6.45) is -1.09. The summed E-state index contributed by atoms with van der Waals surface area (Å²) in [6, 6.07) is 8.32. The first-order valence-electron chi connectivity index (χ1n) is 10.9. The maximum absolute atomic E-state index is 12.9. The smallest absolute Gasteiger partial charge is 0.383 e. The highest BCUT2D eigenvalue weighted by atomic mass is 19.4. The van der Waals surface area contributed by atoms with Crippen LogP contribution in [0, 0.1) is 6.92 Å². The molecule has 2 aromatic rings. The second-order valence-electron chi connectivity index (χ2n) is 8.05. The molecule has 0 aliphatic carbocycles. The van der Waals surface area contributed by atoms with Gasteiger partial charge in [-0.05, 0) is 62.6 Å². The third-order valence-corrected chi connectivity index (χ3v) is 5.44. The number of halogens is 3. The van der Waals surface area contributed by atoms with Crippen LogP contribution >= 0.6 is 0 Å². The topological polar surface area (TPSA) is 130 Å². The number of hydrogen-bond donors (Lipinski definition) is 3. The Balaban J connectivity index is 1.60. The molecular formula is C23H25F3N6O3.